The Morgan fingerprint density at radius 3 is 2.45 bits per heavy atom. The number of rotatable bonds is 5. The second-order valence-corrected chi connectivity index (χ2v) is 10.3. The summed E-state index contributed by atoms with van der Waals surface area (Å²) < 4.78 is 7.58. The van der Waals surface area contributed by atoms with Crippen LogP contribution in [0.4, 0.5) is 5.69 Å². The third-order valence-electron chi connectivity index (χ3n) is 7.64. The molecule has 1 aliphatic heterocycles. The lowest BCUT2D eigenvalue weighted by Gasteiger charge is -2.30. The van der Waals surface area contributed by atoms with Crippen LogP contribution in [0, 0.1) is 0 Å². The van der Waals surface area contributed by atoms with Crippen molar-refractivity contribution in [2.45, 2.75) is 45.2 Å². The first-order chi connectivity index (χ1) is 18.6. The number of anilines is 1. The second kappa shape index (κ2) is 12.4. The Kier molecular flexibility index (Phi) is 8.51. The maximum Gasteiger partial charge on any atom is 0.252 e. The molecular formula is C32H38N4O2. The summed E-state index contributed by atoms with van der Waals surface area (Å²) in [5.74, 6) is 0.0164. The van der Waals surface area contributed by atoms with Crippen LogP contribution in [0.2, 0.25) is 0 Å². The van der Waals surface area contributed by atoms with Crippen molar-refractivity contribution in [2.75, 3.05) is 31.7 Å². The van der Waals surface area contributed by atoms with Crippen molar-refractivity contribution in [3.05, 3.63) is 84.3 Å². The Hall–Kier alpha value is -3.48. The van der Waals surface area contributed by atoms with Gasteiger partial charge < -0.3 is 14.2 Å². The minimum Gasteiger partial charge on any atom is -0.375 e. The number of aromatic nitrogens is 2. The van der Waals surface area contributed by atoms with Crippen molar-refractivity contribution in [3.8, 4) is 11.1 Å². The highest BCUT2D eigenvalue weighted by atomic mass is 16.5. The summed E-state index contributed by atoms with van der Waals surface area (Å²) in [7, 11) is 3.75. The Bertz CT molecular complexity index is 1360. The van der Waals surface area contributed by atoms with Gasteiger partial charge in [-0.15, -0.1) is 0 Å². The van der Waals surface area contributed by atoms with Gasteiger partial charge in [0.05, 0.1) is 0 Å². The summed E-state index contributed by atoms with van der Waals surface area (Å²) in [6.07, 6.45) is 9.37. The van der Waals surface area contributed by atoms with Gasteiger partial charge in [0, 0.05) is 63.1 Å². The average Bonchev–Trinajstić information content (AvgIpc) is 3.25. The molecule has 1 aliphatic rings. The van der Waals surface area contributed by atoms with E-state index in [1.54, 1.807) is 7.11 Å². The molecule has 6 heteroatoms. The minimum absolute atomic E-state index is 0.0164. The molecule has 0 saturated carbocycles. The number of aryl methyl sites for hydroxylation is 1. The molecule has 0 aliphatic carbocycles. The standard InChI is InChI=1S/C32H38N4O2/c1-34-29(21-27-10-6-7-11-30(27)34)23-35-18-8-4-3-5-9-19-36(32(37)24-38-2)31-13-12-26(20-28(31)22-35)25-14-16-33-17-15-25/h6-7,10-17,20-21H,3-5,8-9,18-19,22-24H2,1-2H3. The normalized spacial score (nSPS) is 15.6. The number of carbonyl (C=O) groups excluding carboxylic acids is 1. The molecule has 2 aromatic heterocycles. The summed E-state index contributed by atoms with van der Waals surface area (Å²) in [4.78, 5) is 21.9. The van der Waals surface area contributed by atoms with Gasteiger partial charge in [-0.05, 0) is 77.9 Å². The number of fused-ring (bicyclic) bond motifs is 2. The fourth-order valence-electron chi connectivity index (χ4n) is 5.60. The monoisotopic (exact) mass is 510 g/mol. The predicted molar refractivity (Wildman–Crippen MR) is 154 cm³/mol. The van der Waals surface area contributed by atoms with Crippen LogP contribution in [-0.4, -0.2) is 47.2 Å². The Morgan fingerprint density at radius 2 is 1.66 bits per heavy atom. The minimum atomic E-state index is 0.0164. The number of pyridine rings is 1. The molecule has 0 fully saturated rings. The zero-order chi connectivity index (χ0) is 26.3. The molecule has 0 saturated heterocycles. The van der Waals surface area contributed by atoms with Crippen molar-refractivity contribution < 1.29 is 9.53 Å². The molecule has 0 atom stereocenters. The molecule has 0 unspecified atom stereocenters. The molecule has 0 bridgehead atoms. The fraction of sp³-hybridized carbons (Fsp3) is 0.375. The molecule has 5 rings (SSSR count). The fourth-order valence-corrected chi connectivity index (χ4v) is 5.60. The van der Waals surface area contributed by atoms with Gasteiger partial charge in [0.15, 0.2) is 0 Å². The summed E-state index contributed by atoms with van der Waals surface area (Å²) in [5, 5.41) is 1.27. The summed E-state index contributed by atoms with van der Waals surface area (Å²) >= 11 is 0. The van der Waals surface area contributed by atoms with Crippen molar-refractivity contribution in [2.24, 2.45) is 7.05 Å². The van der Waals surface area contributed by atoms with Crippen molar-refractivity contribution >= 4 is 22.5 Å². The van der Waals surface area contributed by atoms with Crippen LogP contribution in [0.1, 0.15) is 43.4 Å². The Balaban J connectivity index is 1.54. The first kappa shape index (κ1) is 26.1. The van der Waals surface area contributed by atoms with Gasteiger partial charge in [0.2, 0.25) is 0 Å². The molecule has 1 amide bonds. The number of methoxy groups -OCH3 is 1. The van der Waals surface area contributed by atoms with Gasteiger partial charge in [-0.2, -0.15) is 0 Å². The smallest absolute Gasteiger partial charge is 0.252 e. The zero-order valence-electron chi connectivity index (χ0n) is 22.6. The van der Waals surface area contributed by atoms with Crippen LogP contribution >= 0.6 is 0 Å². The van der Waals surface area contributed by atoms with E-state index in [1.807, 2.05) is 29.4 Å². The average molecular weight is 511 g/mol. The summed E-state index contributed by atoms with van der Waals surface area (Å²) in [5.41, 5.74) is 6.99. The van der Waals surface area contributed by atoms with Crippen LogP contribution in [0.5, 0.6) is 0 Å². The van der Waals surface area contributed by atoms with Crippen LogP contribution in [0.15, 0.2) is 73.1 Å². The van der Waals surface area contributed by atoms with Gasteiger partial charge >= 0.3 is 0 Å². The highest BCUT2D eigenvalue weighted by Gasteiger charge is 2.22. The van der Waals surface area contributed by atoms with Gasteiger partial charge in [-0.1, -0.05) is 43.5 Å². The lowest BCUT2D eigenvalue weighted by molar-refractivity contribution is -0.122. The predicted octanol–water partition coefficient (Wildman–Crippen LogP) is 6.19. The maximum absolute atomic E-state index is 13.2. The largest absolute Gasteiger partial charge is 0.375 e. The number of hydrogen-bond acceptors (Lipinski definition) is 4. The third kappa shape index (κ3) is 5.98. The maximum atomic E-state index is 13.2. The molecule has 3 heterocycles. The highest BCUT2D eigenvalue weighted by molar-refractivity contribution is 5.95. The topological polar surface area (TPSA) is 50.6 Å². The van der Waals surface area contributed by atoms with Crippen LogP contribution in [0.25, 0.3) is 22.0 Å². The van der Waals surface area contributed by atoms with Gasteiger partial charge in [-0.3, -0.25) is 14.7 Å². The van der Waals surface area contributed by atoms with Crippen molar-refractivity contribution in [3.63, 3.8) is 0 Å². The van der Waals surface area contributed by atoms with Gasteiger partial charge in [-0.25, -0.2) is 0 Å². The van der Waals surface area contributed by atoms with Gasteiger partial charge in [0.1, 0.15) is 6.61 Å². The number of ether oxygens (including phenoxy) is 1. The molecule has 2 aromatic carbocycles. The number of benzene rings is 2. The number of carbonyl (C=O) groups is 1. The van der Waals surface area contributed by atoms with E-state index in [1.165, 1.54) is 41.4 Å². The van der Waals surface area contributed by atoms with E-state index < -0.39 is 0 Å². The number of nitrogens with zero attached hydrogens (tertiary/aromatic N) is 4. The Morgan fingerprint density at radius 1 is 0.895 bits per heavy atom. The third-order valence-corrected chi connectivity index (χ3v) is 7.64. The number of para-hydroxylation sites is 1. The van der Waals surface area contributed by atoms with Gasteiger partial charge in [0.25, 0.3) is 5.91 Å². The second-order valence-electron chi connectivity index (χ2n) is 10.3. The summed E-state index contributed by atoms with van der Waals surface area (Å²) in [6, 6.07) is 21.5. The quantitative estimate of drug-likeness (QED) is 0.321. The first-order valence-corrected chi connectivity index (χ1v) is 13.7. The molecule has 198 valence electrons. The van der Waals surface area contributed by atoms with E-state index >= 15 is 0 Å². The van der Waals surface area contributed by atoms with Crippen LogP contribution in [-0.2, 0) is 29.7 Å². The summed E-state index contributed by atoms with van der Waals surface area (Å²) in [6.45, 7) is 3.45. The highest BCUT2D eigenvalue weighted by Crippen LogP contribution is 2.31. The first-order valence-electron chi connectivity index (χ1n) is 13.7. The molecular weight excluding hydrogens is 472 g/mol. The van der Waals surface area contributed by atoms with Crippen LogP contribution < -0.4 is 4.90 Å². The molecule has 38 heavy (non-hydrogen) atoms. The van der Waals surface area contributed by atoms with Crippen LogP contribution in [0.3, 0.4) is 0 Å². The molecule has 0 spiro atoms. The molecule has 0 radical (unpaired) electrons. The lowest BCUT2D eigenvalue weighted by atomic mass is 10.0. The molecule has 4 aromatic rings. The number of amides is 1. The molecule has 0 N–H and O–H groups in total. The van der Waals surface area contributed by atoms with E-state index in [0.29, 0.717) is 6.54 Å². The Labute approximate surface area is 225 Å². The zero-order valence-corrected chi connectivity index (χ0v) is 22.6. The van der Waals surface area contributed by atoms with Crippen molar-refractivity contribution in [1.29, 1.82) is 0 Å². The van der Waals surface area contributed by atoms with E-state index in [0.717, 1.165) is 49.3 Å². The van der Waals surface area contributed by atoms with E-state index in [2.05, 4.69) is 70.0 Å². The van der Waals surface area contributed by atoms with E-state index in [9.17, 15) is 4.79 Å². The van der Waals surface area contributed by atoms with E-state index in [4.69, 9.17) is 4.74 Å². The SMILES string of the molecule is COCC(=O)N1CCCCCCCN(Cc2cc3ccccc3n2C)Cc2cc(-c3ccncc3)ccc21. The van der Waals surface area contributed by atoms with E-state index in [-0.39, 0.29) is 12.5 Å². The molecule has 6 nitrogen and oxygen atoms in total. The van der Waals surface area contributed by atoms with Crippen molar-refractivity contribution in [1.82, 2.24) is 14.5 Å². The number of hydrogen-bond donors (Lipinski definition) is 0. The lowest BCUT2D eigenvalue weighted by Crippen LogP contribution is -2.36.